The highest BCUT2D eigenvalue weighted by Crippen LogP contribution is 2.04. The van der Waals surface area contributed by atoms with E-state index >= 15 is 0 Å². The molecule has 0 aliphatic carbocycles. The predicted molar refractivity (Wildman–Crippen MR) is 42.1 cm³/mol. The van der Waals surface area contributed by atoms with E-state index in [1.165, 1.54) is 6.33 Å². The average Bonchev–Trinajstić information content (AvgIpc) is 2.53. The van der Waals surface area contributed by atoms with E-state index in [1.54, 1.807) is 11.6 Å². The Hall–Kier alpha value is -1.01. The lowest BCUT2D eigenvalue weighted by Gasteiger charge is -2.20. The van der Waals surface area contributed by atoms with Crippen LogP contribution in [0.4, 0.5) is 0 Å². The van der Waals surface area contributed by atoms with Crippen LogP contribution in [0.15, 0.2) is 6.33 Å². The van der Waals surface area contributed by atoms with Crippen molar-refractivity contribution >= 4 is 0 Å². The number of nitrogens with zero attached hydrogens (tertiary/aromatic N) is 4. The summed E-state index contributed by atoms with van der Waals surface area (Å²) < 4.78 is 1.58. The molecule has 0 bridgehead atoms. The number of nitrogens with two attached hydrogens (primary N) is 1. The van der Waals surface area contributed by atoms with E-state index in [0.29, 0.717) is 13.0 Å². The van der Waals surface area contributed by atoms with Gasteiger partial charge in [0.05, 0.1) is 6.61 Å². The Labute approximate surface area is 70.4 Å². The number of aromatic nitrogens is 4. The van der Waals surface area contributed by atoms with Crippen molar-refractivity contribution in [2.45, 2.75) is 25.4 Å². The summed E-state index contributed by atoms with van der Waals surface area (Å²) in [6, 6.07) is 0. The predicted octanol–water partition coefficient (Wildman–Crippen LogP) is -1.23. The molecule has 1 heterocycles. The maximum Gasteiger partial charge on any atom is 0.138 e. The van der Waals surface area contributed by atoms with Crippen molar-refractivity contribution in [2.75, 3.05) is 6.61 Å². The van der Waals surface area contributed by atoms with Gasteiger partial charge >= 0.3 is 0 Å². The van der Waals surface area contributed by atoms with Gasteiger partial charge in [0.25, 0.3) is 0 Å². The van der Waals surface area contributed by atoms with Crippen molar-refractivity contribution in [2.24, 2.45) is 5.73 Å². The van der Waals surface area contributed by atoms with Gasteiger partial charge in [-0.15, -0.1) is 5.10 Å². The smallest absolute Gasteiger partial charge is 0.138 e. The molecule has 0 fully saturated rings. The minimum atomic E-state index is -0.550. The fourth-order valence-corrected chi connectivity index (χ4v) is 0.732. The summed E-state index contributed by atoms with van der Waals surface area (Å²) in [5.41, 5.74) is 5.15. The Morgan fingerprint density at radius 2 is 2.42 bits per heavy atom. The molecule has 1 aromatic heterocycles. The molecule has 0 aromatic carbocycles. The van der Waals surface area contributed by atoms with E-state index in [-0.39, 0.29) is 6.61 Å². The topological polar surface area (TPSA) is 89.8 Å². The molecule has 0 aliphatic heterocycles. The van der Waals surface area contributed by atoms with E-state index in [0.717, 1.165) is 0 Å². The zero-order valence-corrected chi connectivity index (χ0v) is 7.01. The normalized spacial score (nSPS) is 15.9. The van der Waals surface area contributed by atoms with Crippen LogP contribution in [0.25, 0.3) is 0 Å². The first-order chi connectivity index (χ1) is 5.64. The minimum absolute atomic E-state index is 0.0326. The van der Waals surface area contributed by atoms with Crippen molar-refractivity contribution in [3.63, 3.8) is 0 Å². The Morgan fingerprint density at radius 1 is 1.67 bits per heavy atom. The summed E-state index contributed by atoms with van der Waals surface area (Å²) in [5, 5.41) is 19.5. The molecule has 1 aromatic rings. The van der Waals surface area contributed by atoms with Crippen molar-refractivity contribution < 1.29 is 5.11 Å². The third-order valence-electron chi connectivity index (χ3n) is 1.66. The lowest BCUT2D eigenvalue weighted by molar-refractivity contribution is 0.194. The van der Waals surface area contributed by atoms with Crippen molar-refractivity contribution in [3.8, 4) is 0 Å². The highest BCUT2D eigenvalue weighted by Gasteiger charge is 2.16. The molecule has 0 spiro atoms. The number of aryl methyl sites for hydroxylation is 1. The van der Waals surface area contributed by atoms with Gasteiger partial charge in [-0.25, -0.2) is 4.68 Å². The van der Waals surface area contributed by atoms with E-state index in [1.807, 2.05) is 0 Å². The van der Waals surface area contributed by atoms with Crippen LogP contribution in [-0.2, 0) is 6.54 Å². The van der Waals surface area contributed by atoms with E-state index in [2.05, 4.69) is 15.5 Å². The first-order valence-electron chi connectivity index (χ1n) is 3.74. The van der Waals surface area contributed by atoms with Crippen molar-refractivity contribution in [1.29, 1.82) is 0 Å². The van der Waals surface area contributed by atoms with Crippen LogP contribution in [0.1, 0.15) is 13.3 Å². The fourth-order valence-electron chi connectivity index (χ4n) is 0.732. The molecule has 1 atom stereocenters. The molecule has 68 valence electrons. The Kier molecular flexibility index (Phi) is 2.72. The molecule has 6 heteroatoms. The lowest BCUT2D eigenvalue weighted by atomic mass is 10.0. The van der Waals surface area contributed by atoms with Gasteiger partial charge in [-0.05, 0) is 23.8 Å². The van der Waals surface area contributed by atoms with Crippen molar-refractivity contribution in [3.05, 3.63) is 6.33 Å². The first-order valence-corrected chi connectivity index (χ1v) is 3.74. The second-order valence-electron chi connectivity index (χ2n) is 3.14. The van der Waals surface area contributed by atoms with Gasteiger partial charge in [-0.1, -0.05) is 0 Å². The molecular formula is C6H13N5O. The largest absolute Gasteiger partial charge is 0.394 e. The Bertz CT molecular complexity index is 220. The highest BCUT2D eigenvalue weighted by atomic mass is 16.3. The van der Waals surface area contributed by atoms with Crippen LogP contribution in [0.5, 0.6) is 0 Å². The number of rotatable bonds is 4. The van der Waals surface area contributed by atoms with Crippen molar-refractivity contribution in [1.82, 2.24) is 20.2 Å². The van der Waals surface area contributed by atoms with Crippen LogP contribution < -0.4 is 5.73 Å². The van der Waals surface area contributed by atoms with Gasteiger partial charge < -0.3 is 10.8 Å². The molecule has 1 rings (SSSR count). The Balaban J connectivity index is 2.36. The number of hydrogen-bond acceptors (Lipinski definition) is 5. The van der Waals surface area contributed by atoms with Gasteiger partial charge in [0, 0.05) is 12.1 Å². The molecule has 3 N–H and O–H groups in total. The maximum atomic E-state index is 8.84. The summed E-state index contributed by atoms with van der Waals surface area (Å²) >= 11 is 0. The van der Waals surface area contributed by atoms with Gasteiger partial charge in [-0.2, -0.15) is 0 Å². The third kappa shape index (κ3) is 2.55. The zero-order chi connectivity index (χ0) is 9.03. The highest BCUT2D eigenvalue weighted by molar-refractivity contribution is 4.76. The van der Waals surface area contributed by atoms with Gasteiger partial charge in [-0.3, -0.25) is 0 Å². The van der Waals surface area contributed by atoms with Crippen LogP contribution in [-0.4, -0.2) is 37.5 Å². The molecule has 0 amide bonds. The number of hydrogen-bond donors (Lipinski definition) is 2. The standard InChI is InChI=1S/C6H13N5O/c1-6(7,4-12)2-3-11-5-8-9-10-11/h5,12H,2-4,7H2,1H3. The summed E-state index contributed by atoms with van der Waals surface area (Å²) in [7, 11) is 0. The minimum Gasteiger partial charge on any atom is -0.394 e. The van der Waals surface area contributed by atoms with E-state index in [9.17, 15) is 0 Å². The summed E-state index contributed by atoms with van der Waals surface area (Å²) in [6.45, 7) is 2.38. The fraction of sp³-hybridized carbons (Fsp3) is 0.833. The van der Waals surface area contributed by atoms with E-state index < -0.39 is 5.54 Å². The molecule has 0 radical (unpaired) electrons. The third-order valence-corrected chi connectivity index (χ3v) is 1.66. The monoisotopic (exact) mass is 171 g/mol. The van der Waals surface area contributed by atoms with Crippen LogP contribution in [0, 0.1) is 0 Å². The zero-order valence-electron chi connectivity index (χ0n) is 7.01. The van der Waals surface area contributed by atoms with Gasteiger partial charge in [0.1, 0.15) is 6.33 Å². The molecule has 0 saturated heterocycles. The number of aliphatic hydroxyl groups is 1. The second kappa shape index (κ2) is 3.59. The van der Waals surface area contributed by atoms with Gasteiger partial charge in [0.15, 0.2) is 0 Å². The molecule has 0 aliphatic rings. The average molecular weight is 171 g/mol. The molecule has 0 saturated carbocycles. The Morgan fingerprint density at radius 3 is 2.92 bits per heavy atom. The summed E-state index contributed by atoms with van der Waals surface area (Å²) in [6.07, 6.45) is 2.17. The lowest BCUT2D eigenvalue weighted by Crippen LogP contribution is -2.41. The van der Waals surface area contributed by atoms with Crippen LogP contribution >= 0.6 is 0 Å². The molecule has 6 nitrogen and oxygen atoms in total. The van der Waals surface area contributed by atoms with E-state index in [4.69, 9.17) is 10.8 Å². The number of tetrazole rings is 1. The van der Waals surface area contributed by atoms with Gasteiger partial charge in [0.2, 0.25) is 0 Å². The molecule has 12 heavy (non-hydrogen) atoms. The summed E-state index contributed by atoms with van der Waals surface area (Å²) in [4.78, 5) is 0. The first kappa shape index (κ1) is 9.08. The summed E-state index contributed by atoms with van der Waals surface area (Å²) in [5.74, 6) is 0. The number of aliphatic hydroxyl groups excluding tert-OH is 1. The molecule has 1 unspecified atom stereocenters. The maximum absolute atomic E-state index is 8.84. The molecular weight excluding hydrogens is 158 g/mol. The quantitative estimate of drug-likeness (QED) is 0.592. The SMILES string of the molecule is CC(N)(CO)CCn1cnnn1. The second-order valence-corrected chi connectivity index (χ2v) is 3.14. The van der Waals surface area contributed by atoms with Crippen LogP contribution in [0.2, 0.25) is 0 Å². The van der Waals surface area contributed by atoms with Crippen LogP contribution in [0.3, 0.4) is 0 Å².